The molecule has 0 bridgehead atoms. The van der Waals surface area contributed by atoms with Crippen LogP contribution in [0.3, 0.4) is 0 Å². The number of benzene rings is 2. The summed E-state index contributed by atoms with van der Waals surface area (Å²) in [5.41, 5.74) is 0.756. The number of halogens is 1. The summed E-state index contributed by atoms with van der Waals surface area (Å²) < 4.78 is 18.6. The maximum Gasteiger partial charge on any atom is 0.251 e. The van der Waals surface area contributed by atoms with Crippen LogP contribution >= 0.6 is 11.8 Å². The predicted octanol–water partition coefficient (Wildman–Crippen LogP) is 3.17. The molecule has 0 aliphatic heterocycles. The molecule has 0 saturated heterocycles. The first-order chi connectivity index (χ1) is 13.0. The minimum absolute atomic E-state index is 0.0772. The zero-order valence-corrected chi connectivity index (χ0v) is 16.2. The van der Waals surface area contributed by atoms with Gasteiger partial charge in [0, 0.05) is 35.7 Å². The SMILES string of the molecule is COc1ccc(SCCC(=O)NCCNC(=O)c2ccc(C)c(F)c2)cc1. The van der Waals surface area contributed by atoms with Gasteiger partial charge in [0.2, 0.25) is 5.91 Å². The van der Waals surface area contributed by atoms with Gasteiger partial charge in [-0.15, -0.1) is 11.8 Å². The van der Waals surface area contributed by atoms with Gasteiger partial charge in [-0.3, -0.25) is 9.59 Å². The van der Waals surface area contributed by atoms with Crippen molar-refractivity contribution in [2.45, 2.75) is 18.2 Å². The van der Waals surface area contributed by atoms with Crippen molar-refractivity contribution >= 4 is 23.6 Å². The van der Waals surface area contributed by atoms with E-state index in [1.807, 2.05) is 24.3 Å². The molecule has 7 heteroatoms. The van der Waals surface area contributed by atoms with Crippen LogP contribution in [0.15, 0.2) is 47.4 Å². The van der Waals surface area contributed by atoms with Crippen molar-refractivity contribution in [3.8, 4) is 5.75 Å². The van der Waals surface area contributed by atoms with E-state index in [-0.39, 0.29) is 23.9 Å². The zero-order chi connectivity index (χ0) is 19.6. The molecule has 2 rings (SSSR count). The van der Waals surface area contributed by atoms with Gasteiger partial charge >= 0.3 is 0 Å². The number of methoxy groups -OCH3 is 1. The second kappa shape index (κ2) is 10.6. The molecule has 0 unspecified atom stereocenters. The smallest absolute Gasteiger partial charge is 0.251 e. The molecule has 0 heterocycles. The second-order valence-corrected chi connectivity index (χ2v) is 7.01. The molecule has 2 N–H and O–H groups in total. The van der Waals surface area contributed by atoms with Crippen molar-refractivity contribution in [3.63, 3.8) is 0 Å². The van der Waals surface area contributed by atoms with Gasteiger partial charge in [-0.25, -0.2) is 4.39 Å². The van der Waals surface area contributed by atoms with Crippen molar-refractivity contribution in [3.05, 3.63) is 59.4 Å². The fourth-order valence-corrected chi connectivity index (χ4v) is 3.09. The summed E-state index contributed by atoms with van der Waals surface area (Å²) in [6, 6.07) is 12.0. The first-order valence-electron chi connectivity index (χ1n) is 8.57. The van der Waals surface area contributed by atoms with Gasteiger partial charge in [-0.2, -0.15) is 0 Å². The molecule has 0 fully saturated rings. The zero-order valence-electron chi connectivity index (χ0n) is 15.4. The number of carbonyl (C=O) groups excluding carboxylic acids is 2. The Kier molecular flexibility index (Phi) is 8.13. The van der Waals surface area contributed by atoms with Crippen LogP contribution in [0.5, 0.6) is 5.75 Å². The highest BCUT2D eigenvalue weighted by Crippen LogP contribution is 2.21. The maximum atomic E-state index is 13.5. The van der Waals surface area contributed by atoms with Crippen LogP contribution in [0.2, 0.25) is 0 Å². The highest BCUT2D eigenvalue weighted by molar-refractivity contribution is 7.99. The summed E-state index contributed by atoms with van der Waals surface area (Å²) in [5.74, 6) is 0.607. The second-order valence-electron chi connectivity index (χ2n) is 5.84. The molecule has 2 aromatic rings. The standard InChI is InChI=1S/C20H23FN2O3S/c1-14-3-4-15(13-18(14)21)20(25)23-11-10-22-19(24)9-12-27-17-7-5-16(26-2)6-8-17/h3-8,13H,9-12H2,1-2H3,(H,22,24)(H,23,25). The Labute approximate surface area is 162 Å². The Balaban J connectivity index is 1.61. The Morgan fingerprint density at radius 2 is 1.78 bits per heavy atom. The number of rotatable bonds is 9. The van der Waals surface area contributed by atoms with Crippen molar-refractivity contribution in [2.24, 2.45) is 0 Å². The van der Waals surface area contributed by atoms with Crippen molar-refractivity contribution < 1.29 is 18.7 Å². The lowest BCUT2D eigenvalue weighted by Gasteiger charge is -2.08. The topological polar surface area (TPSA) is 67.4 Å². The molecule has 0 aliphatic rings. The van der Waals surface area contributed by atoms with Crippen LogP contribution in [0.1, 0.15) is 22.3 Å². The maximum absolute atomic E-state index is 13.5. The molecule has 0 saturated carbocycles. The van der Waals surface area contributed by atoms with E-state index in [2.05, 4.69) is 10.6 Å². The summed E-state index contributed by atoms with van der Waals surface area (Å²) in [4.78, 5) is 24.8. The number of amides is 2. The molecular formula is C20H23FN2O3S. The van der Waals surface area contributed by atoms with Crippen LogP contribution in [-0.4, -0.2) is 37.8 Å². The average molecular weight is 390 g/mol. The number of ether oxygens (including phenoxy) is 1. The fraction of sp³-hybridized carbons (Fsp3) is 0.300. The third-order valence-electron chi connectivity index (χ3n) is 3.82. The molecule has 0 aromatic heterocycles. The van der Waals surface area contributed by atoms with Gasteiger partial charge in [-0.05, 0) is 48.9 Å². The number of thioether (sulfide) groups is 1. The van der Waals surface area contributed by atoms with E-state index < -0.39 is 5.82 Å². The third-order valence-corrected chi connectivity index (χ3v) is 4.84. The summed E-state index contributed by atoms with van der Waals surface area (Å²) in [7, 11) is 1.62. The first-order valence-corrected chi connectivity index (χ1v) is 9.56. The molecule has 2 amide bonds. The molecule has 0 spiro atoms. The Bertz CT molecular complexity index is 781. The van der Waals surface area contributed by atoms with Gasteiger partial charge in [0.15, 0.2) is 0 Å². The van der Waals surface area contributed by atoms with E-state index in [0.717, 1.165) is 10.6 Å². The number of hydrogen-bond donors (Lipinski definition) is 2. The van der Waals surface area contributed by atoms with E-state index in [9.17, 15) is 14.0 Å². The van der Waals surface area contributed by atoms with E-state index in [4.69, 9.17) is 4.74 Å². The number of hydrogen-bond acceptors (Lipinski definition) is 4. The number of carbonyl (C=O) groups is 2. The average Bonchev–Trinajstić information content (AvgIpc) is 2.67. The molecule has 27 heavy (non-hydrogen) atoms. The van der Waals surface area contributed by atoms with E-state index in [0.29, 0.717) is 24.3 Å². The monoisotopic (exact) mass is 390 g/mol. The summed E-state index contributed by atoms with van der Waals surface area (Å²) >= 11 is 1.59. The van der Waals surface area contributed by atoms with Crippen molar-refractivity contribution in [2.75, 3.05) is 26.0 Å². The molecule has 0 atom stereocenters. The van der Waals surface area contributed by atoms with Crippen LogP contribution in [0.25, 0.3) is 0 Å². The predicted molar refractivity (Wildman–Crippen MR) is 105 cm³/mol. The Hall–Kier alpha value is -2.54. The van der Waals surface area contributed by atoms with Crippen molar-refractivity contribution in [1.29, 1.82) is 0 Å². The lowest BCUT2D eigenvalue weighted by molar-refractivity contribution is -0.120. The summed E-state index contributed by atoms with van der Waals surface area (Å²) in [6.45, 7) is 2.25. The minimum Gasteiger partial charge on any atom is -0.497 e. The number of aryl methyl sites for hydroxylation is 1. The van der Waals surface area contributed by atoms with Crippen LogP contribution in [-0.2, 0) is 4.79 Å². The van der Waals surface area contributed by atoms with E-state index >= 15 is 0 Å². The summed E-state index contributed by atoms with van der Waals surface area (Å²) in [5, 5.41) is 5.41. The number of nitrogens with one attached hydrogen (secondary N) is 2. The van der Waals surface area contributed by atoms with Gasteiger partial charge in [-0.1, -0.05) is 6.07 Å². The Morgan fingerprint density at radius 3 is 2.44 bits per heavy atom. The molecule has 2 aromatic carbocycles. The minimum atomic E-state index is -0.412. The van der Waals surface area contributed by atoms with Gasteiger partial charge < -0.3 is 15.4 Å². The Morgan fingerprint density at radius 1 is 1.07 bits per heavy atom. The van der Waals surface area contributed by atoms with Crippen LogP contribution < -0.4 is 15.4 Å². The van der Waals surface area contributed by atoms with Gasteiger partial charge in [0.25, 0.3) is 5.91 Å². The molecule has 0 aliphatic carbocycles. The molecule has 144 valence electrons. The van der Waals surface area contributed by atoms with Crippen molar-refractivity contribution in [1.82, 2.24) is 10.6 Å². The first kappa shape index (κ1) is 20.8. The van der Waals surface area contributed by atoms with E-state index in [1.165, 1.54) is 6.07 Å². The fourth-order valence-electron chi connectivity index (χ4n) is 2.24. The molecule has 5 nitrogen and oxygen atoms in total. The lowest BCUT2D eigenvalue weighted by Crippen LogP contribution is -2.34. The molecular weight excluding hydrogens is 367 g/mol. The summed E-state index contributed by atoms with van der Waals surface area (Å²) in [6.07, 6.45) is 0.383. The van der Waals surface area contributed by atoms with Crippen LogP contribution in [0.4, 0.5) is 4.39 Å². The normalized spacial score (nSPS) is 10.3. The molecule has 0 radical (unpaired) electrons. The van der Waals surface area contributed by atoms with Gasteiger partial charge in [0.1, 0.15) is 11.6 Å². The quantitative estimate of drug-likeness (QED) is 0.510. The lowest BCUT2D eigenvalue weighted by atomic mass is 10.1. The third kappa shape index (κ3) is 6.94. The van der Waals surface area contributed by atoms with Gasteiger partial charge in [0.05, 0.1) is 7.11 Å². The van der Waals surface area contributed by atoms with Crippen LogP contribution in [0, 0.1) is 12.7 Å². The highest BCUT2D eigenvalue weighted by atomic mass is 32.2. The largest absolute Gasteiger partial charge is 0.497 e. The highest BCUT2D eigenvalue weighted by Gasteiger charge is 2.08. The van der Waals surface area contributed by atoms with E-state index in [1.54, 1.807) is 37.9 Å².